The Morgan fingerprint density at radius 3 is 3.06 bits per heavy atom. The van der Waals surface area contributed by atoms with E-state index in [0.29, 0.717) is 12.0 Å². The fraction of sp³-hybridized carbons (Fsp3) is 0.643. The number of hydrogen-bond donors (Lipinski definition) is 1. The fourth-order valence-corrected chi connectivity index (χ4v) is 2.63. The number of rotatable bonds is 3. The van der Waals surface area contributed by atoms with Gasteiger partial charge in [-0.1, -0.05) is 6.07 Å². The Morgan fingerprint density at radius 2 is 2.35 bits per heavy atom. The van der Waals surface area contributed by atoms with Gasteiger partial charge >= 0.3 is 0 Å². The zero-order valence-electron chi connectivity index (χ0n) is 10.9. The first kappa shape index (κ1) is 12.5. The maximum Gasteiger partial charge on any atom is 0.0313 e. The molecule has 1 aliphatic heterocycles. The third-order valence-corrected chi connectivity index (χ3v) is 3.62. The summed E-state index contributed by atoms with van der Waals surface area (Å²) in [5.74, 6) is 0.654. The summed E-state index contributed by atoms with van der Waals surface area (Å²) < 4.78 is 0. The summed E-state index contributed by atoms with van der Waals surface area (Å²) in [7, 11) is 0. The van der Waals surface area contributed by atoms with Crippen molar-refractivity contribution in [3.05, 3.63) is 29.6 Å². The Labute approximate surface area is 104 Å². The van der Waals surface area contributed by atoms with E-state index >= 15 is 0 Å². The molecule has 2 N–H and O–H groups in total. The van der Waals surface area contributed by atoms with E-state index in [1.54, 1.807) is 0 Å². The molecule has 1 aliphatic rings. The number of nitrogens with two attached hydrogens (primary N) is 1. The largest absolute Gasteiger partial charge is 0.328 e. The van der Waals surface area contributed by atoms with Gasteiger partial charge in [-0.3, -0.25) is 9.88 Å². The van der Waals surface area contributed by atoms with Crippen molar-refractivity contribution < 1.29 is 0 Å². The molecule has 1 fully saturated rings. The Bertz CT molecular complexity index is 362. The molecule has 0 spiro atoms. The summed E-state index contributed by atoms with van der Waals surface area (Å²) >= 11 is 0. The predicted octanol–water partition coefficient (Wildman–Crippen LogP) is 1.95. The first-order chi connectivity index (χ1) is 8.15. The zero-order chi connectivity index (χ0) is 12.3. The molecular formula is C14H23N3. The molecule has 2 rings (SSSR count). The normalized spacial score (nSPS) is 23.6. The monoisotopic (exact) mass is 233 g/mol. The van der Waals surface area contributed by atoms with Crippen LogP contribution in [0.25, 0.3) is 0 Å². The van der Waals surface area contributed by atoms with Gasteiger partial charge in [0.05, 0.1) is 0 Å². The van der Waals surface area contributed by atoms with Crippen molar-refractivity contribution in [1.29, 1.82) is 0 Å². The van der Waals surface area contributed by atoms with Gasteiger partial charge in [0.25, 0.3) is 0 Å². The van der Waals surface area contributed by atoms with Gasteiger partial charge in [-0.15, -0.1) is 0 Å². The van der Waals surface area contributed by atoms with Gasteiger partial charge in [0, 0.05) is 31.5 Å². The molecule has 1 aromatic heterocycles. The highest BCUT2D eigenvalue weighted by Crippen LogP contribution is 2.20. The van der Waals surface area contributed by atoms with Crippen LogP contribution in [0.15, 0.2) is 18.5 Å². The number of likely N-dealkylation sites (tertiary alicyclic amines) is 1. The molecular weight excluding hydrogens is 210 g/mol. The maximum absolute atomic E-state index is 6.01. The minimum atomic E-state index is 0.313. The highest BCUT2D eigenvalue weighted by molar-refractivity contribution is 5.16. The van der Waals surface area contributed by atoms with Crippen molar-refractivity contribution in [3.8, 4) is 0 Å². The Morgan fingerprint density at radius 1 is 1.53 bits per heavy atom. The smallest absolute Gasteiger partial charge is 0.0313 e. The number of aryl methyl sites for hydroxylation is 1. The van der Waals surface area contributed by atoms with Gasteiger partial charge in [0.2, 0.25) is 0 Å². The van der Waals surface area contributed by atoms with Crippen LogP contribution in [0.5, 0.6) is 0 Å². The van der Waals surface area contributed by atoms with E-state index in [1.165, 1.54) is 30.5 Å². The lowest BCUT2D eigenvalue weighted by molar-refractivity contribution is 0.154. The second-order valence-electron chi connectivity index (χ2n) is 5.37. The number of nitrogens with zero attached hydrogens (tertiary/aromatic N) is 2. The van der Waals surface area contributed by atoms with Crippen molar-refractivity contribution >= 4 is 0 Å². The lowest BCUT2D eigenvalue weighted by atomic mass is 9.92. The Kier molecular flexibility index (Phi) is 4.13. The Balaban J connectivity index is 1.94. The van der Waals surface area contributed by atoms with Gasteiger partial charge in [-0.05, 0) is 50.3 Å². The third kappa shape index (κ3) is 3.51. The molecule has 0 aliphatic carbocycles. The lowest BCUT2D eigenvalue weighted by Crippen LogP contribution is -2.41. The van der Waals surface area contributed by atoms with E-state index < -0.39 is 0 Å². The first-order valence-electron chi connectivity index (χ1n) is 6.53. The summed E-state index contributed by atoms with van der Waals surface area (Å²) in [6, 6.07) is 2.54. The van der Waals surface area contributed by atoms with Crippen LogP contribution in [0.3, 0.4) is 0 Å². The second-order valence-corrected chi connectivity index (χ2v) is 5.37. The quantitative estimate of drug-likeness (QED) is 0.867. The molecule has 0 aromatic carbocycles. The van der Waals surface area contributed by atoms with Crippen LogP contribution in [0, 0.1) is 12.8 Å². The predicted molar refractivity (Wildman–Crippen MR) is 70.6 cm³/mol. The average Bonchev–Trinajstić information content (AvgIpc) is 2.29. The summed E-state index contributed by atoms with van der Waals surface area (Å²) in [4.78, 5) is 6.76. The van der Waals surface area contributed by atoms with E-state index in [4.69, 9.17) is 5.73 Å². The molecule has 94 valence electrons. The summed E-state index contributed by atoms with van der Waals surface area (Å²) in [5, 5.41) is 0. The van der Waals surface area contributed by atoms with Gasteiger partial charge in [-0.25, -0.2) is 0 Å². The summed E-state index contributed by atoms with van der Waals surface area (Å²) in [6.45, 7) is 7.56. The third-order valence-electron chi connectivity index (χ3n) is 3.62. The fourth-order valence-electron chi connectivity index (χ4n) is 2.63. The highest BCUT2D eigenvalue weighted by Gasteiger charge is 2.22. The molecule has 2 unspecified atom stereocenters. The zero-order valence-corrected chi connectivity index (χ0v) is 10.9. The van der Waals surface area contributed by atoms with Crippen LogP contribution in [0.1, 0.15) is 30.9 Å². The lowest BCUT2D eigenvalue weighted by Gasteiger charge is -2.34. The summed E-state index contributed by atoms with van der Waals surface area (Å²) in [5.41, 5.74) is 8.56. The van der Waals surface area contributed by atoms with Crippen molar-refractivity contribution in [2.75, 3.05) is 13.1 Å². The number of pyridine rings is 1. The van der Waals surface area contributed by atoms with E-state index in [0.717, 1.165) is 13.1 Å². The average molecular weight is 233 g/mol. The van der Waals surface area contributed by atoms with E-state index in [2.05, 4.69) is 29.8 Å². The van der Waals surface area contributed by atoms with Crippen LogP contribution in [-0.4, -0.2) is 29.0 Å². The molecule has 0 saturated carbocycles. The molecule has 17 heavy (non-hydrogen) atoms. The molecule has 0 bridgehead atoms. The molecule has 0 amide bonds. The molecule has 2 atom stereocenters. The van der Waals surface area contributed by atoms with Gasteiger partial charge < -0.3 is 5.73 Å². The van der Waals surface area contributed by atoms with Gasteiger partial charge in [0.1, 0.15) is 0 Å². The molecule has 3 nitrogen and oxygen atoms in total. The molecule has 1 saturated heterocycles. The maximum atomic E-state index is 6.01. The van der Waals surface area contributed by atoms with Crippen LogP contribution in [0.4, 0.5) is 0 Å². The van der Waals surface area contributed by atoms with Crippen molar-refractivity contribution in [3.63, 3.8) is 0 Å². The van der Waals surface area contributed by atoms with E-state index in [-0.39, 0.29) is 0 Å². The SMILES string of the molecule is Cc1cncc(CN2CCCC(C(C)N)C2)c1. The molecule has 3 heteroatoms. The van der Waals surface area contributed by atoms with Crippen molar-refractivity contribution in [2.24, 2.45) is 11.7 Å². The van der Waals surface area contributed by atoms with Gasteiger partial charge in [0.15, 0.2) is 0 Å². The molecule has 0 radical (unpaired) electrons. The Hall–Kier alpha value is -0.930. The van der Waals surface area contributed by atoms with Crippen molar-refractivity contribution in [1.82, 2.24) is 9.88 Å². The molecule has 2 heterocycles. The molecule has 1 aromatic rings. The van der Waals surface area contributed by atoms with Gasteiger partial charge in [-0.2, -0.15) is 0 Å². The van der Waals surface area contributed by atoms with Crippen LogP contribution in [-0.2, 0) is 6.54 Å². The van der Waals surface area contributed by atoms with E-state index in [9.17, 15) is 0 Å². The topological polar surface area (TPSA) is 42.2 Å². The minimum absolute atomic E-state index is 0.313. The first-order valence-corrected chi connectivity index (χ1v) is 6.53. The van der Waals surface area contributed by atoms with Crippen LogP contribution < -0.4 is 5.73 Å². The minimum Gasteiger partial charge on any atom is -0.328 e. The summed E-state index contributed by atoms with van der Waals surface area (Å²) in [6.07, 6.45) is 6.43. The van der Waals surface area contributed by atoms with Crippen LogP contribution >= 0.6 is 0 Å². The highest BCUT2D eigenvalue weighted by atomic mass is 15.1. The van der Waals surface area contributed by atoms with Crippen molar-refractivity contribution in [2.45, 2.75) is 39.3 Å². The number of piperidine rings is 1. The van der Waals surface area contributed by atoms with E-state index in [1.807, 2.05) is 12.4 Å². The standard InChI is InChI=1S/C14H23N3/c1-11-6-13(8-16-7-11)9-17-5-3-4-14(10-17)12(2)15/h6-8,12,14H,3-5,9-10,15H2,1-2H3. The van der Waals surface area contributed by atoms with Crippen LogP contribution in [0.2, 0.25) is 0 Å². The number of aromatic nitrogens is 1. The second kappa shape index (κ2) is 5.61. The number of hydrogen-bond acceptors (Lipinski definition) is 3.